The Morgan fingerprint density at radius 3 is 2.49 bits per heavy atom. The maximum Gasteiger partial charge on any atom is 0.274 e. The summed E-state index contributed by atoms with van der Waals surface area (Å²) in [5.41, 5.74) is 4.43. The quantitative estimate of drug-likeness (QED) is 0.668. The molecule has 8 nitrogen and oxygen atoms in total. The van der Waals surface area contributed by atoms with E-state index in [9.17, 15) is 14.0 Å². The van der Waals surface area contributed by atoms with Gasteiger partial charge in [0.05, 0.1) is 12.2 Å². The molecule has 1 aromatic heterocycles. The first-order chi connectivity index (χ1) is 16.8. The molecular weight excluding hydrogens is 449 g/mol. The van der Waals surface area contributed by atoms with Crippen LogP contribution in [0.2, 0.25) is 0 Å². The molecule has 1 aliphatic carbocycles. The smallest absolute Gasteiger partial charge is 0.274 e. The first kappa shape index (κ1) is 23.8. The number of fused-ring (bicyclic) bond motifs is 1. The van der Waals surface area contributed by atoms with Gasteiger partial charge in [-0.2, -0.15) is 5.10 Å². The number of nitrogens with zero attached hydrogens (tertiary/aromatic N) is 5. The molecule has 2 saturated heterocycles. The average Bonchev–Trinajstić information content (AvgIpc) is 3.43. The first-order valence-corrected chi connectivity index (χ1v) is 12.6. The normalized spacial score (nSPS) is 22.5. The van der Waals surface area contributed by atoms with Gasteiger partial charge in [0, 0.05) is 56.2 Å². The van der Waals surface area contributed by atoms with Gasteiger partial charge in [0.2, 0.25) is 5.91 Å². The summed E-state index contributed by atoms with van der Waals surface area (Å²) in [7, 11) is 0. The summed E-state index contributed by atoms with van der Waals surface area (Å²) in [6, 6.07) is 4.83. The Balaban J connectivity index is 1.26. The lowest BCUT2D eigenvalue weighted by Crippen LogP contribution is -2.50. The van der Waals surface area contributed by atoms with E-state index in [1.807, 2.05) is 30.6 Å². The zero-order chi connectivity index (χ0) is 24.7. The summed E-state index contributed by atoms with van der Waals surface area (Å²) in [5.74, 6) is -0.302. The number of anilines is 1. The van der Waals surface area contributed by atoms with Gasteiger partial charge in [-0.05, 0) is 57.7 Å². The van der Waals surface area contributed by atoms with Crippen molar-refractivity contribution in [2.45, 2.75) is 58.8 Å². The van der Waals surface area contributed by atoms with Crippen LogP contribution in [0.4, 0.5) is 10.1 Å². The van der Waals surface area contributed by atoms with Crippen molar-refractivity contribution >= 4 is 17.5 Å². The molecule has 2 fully saturated rings. The van der Waals surface area contributed by atoms with Crippen LogP contribution in [0, 0.1) is 12.7 Å². The van der Waals surface area contributed by atoms with Crippen molar-refractivity contribution in [3.8, 4) is 0 Å². The summed E-state index contributed by atoms with van der Waals surface area (Å²) in [6.45, 7) is 9.65. The third kappa shape index (κ3) is 4.78. The fourth-order valence-corrected chi connectivity index (χ4v) is 5.65. The van der Waals surface area contributed by atoms with Gasteiger partial charge >= 0.3 is 0 Å². The summed E-state index contributed by atoms with van der Waals surface area (Å²) in [5, 5.41) is 4.66. The maximum atomic E-state index is 13.7. The molecule has 0 unspecified atom stereocenters. The van der Waals surface area contributed by atoms with Gasteiger partial charge in [-0.15, -0.1) is 0 Å². The number of ether oxygens (including phenoxy) is 1. The molecule has 0 N–H and O–H groups in total. The molecule has 0 spiro atoms. The molecule has 0 radical (unpaired) electrons. The lowest BCUT2D eigenvalue weighted by Gasteiger charge is -2.37. The zero-order valence-electron chi connectivity index (χ0n) is 20.8. The predicted octanol–water partition coefficient (Wildman–Crippen LogP) is 2.42. The van der Waals surface area contributed by atoms with E-state index in [1.54, 1.807) is 16.8 Å². The Hall–Kier alpha value is -2.94. The predicted molar refractivity (Wildman–Crippen MR) is 130 cm³/mol. The Morgan fingerprint density at radius 1 is 1.06 bits per heavy atom. The van der Waals surface area contributed by atoms with Crippen LogP contribution in [0.3, 0.4) is 0 Å². The summed E-state index contributed by atoms with van der Waals surface area (Å²) < 4.78 is 21.3. The van der Waals surface area contributed by atoms with E-state index >= 15 is 0 Å². The molecule has 1 aromatic carbocycles. The van der Waals surface area contributed by atoms with E-state index in [1.165, 1.54) is 6.07 Å². The number of aromatic nitrogens is 2. The second-order valence-corrected chi connectivity index (χ2v) is 10.1. The number of carbonyl (C=O) groups excluding carboxylic acids is 2. The summed E-state index contributed by atoms with van der Waals surface area (Å²) in [6.07, 6.45) is 2.63. The molecule has 35 heavy (non-hydrogen) atoms. The fraction of sp³-hybridized carbons (Fsp3) is 0.577. The fourth-order valence-electron chi connectivity index (χ4n) is 5.65. The van der Waals surface area contributed by atoms with Gasteiger partial charge in [-0.1, -0.05) is 6.07 Å². The van der Waals surface area contributed by atoms with Gasteiger partial charge in [0.25, 0.3) is 5.91 Å². The summed E-state index contributed by atoms with van der Waals surface area (Å²) >= 11 is 0. The monoisotopic (exact) mass is 483 g/mol. The van der Waals surface area contributed by atoms with Crippen LogP contribution in [0.5, 0.6) is 0 Å². The molecule has 2 amide bonds. The zero-order valence-corrected chi connectivity index (χ0v) is 20.8. The van der Waals surface area contributed by atoms with Crippen molar-refractivity contribution < 1.29 is 18.7 Å². The van der Waals surface area contributed by atoms with Crippen molar-refractivity contribution in [2.24, 2.45) is 0 Å². The number of piperazine rings is 1. The van der Waals surface area contributed by atoms with E-state index in [-0.39, 0.29) is 36.4 Å². The number of morpholine rings is 1. The number of hydrogen-bond acceptors (Lipinski definition) is 5. The number of hydrogen-bond donors (Lipinski definition) is 0. The van der Waals surface area contributed by atoms with E-state index in [0.717, 1.165) is 41.8 Å². The highest BCUT2D eigenvalue weighted by Gasteiger charge is 2.33. The molecule has 2 aromatic rings. The van der Waals surface area contributed by atoms with Crippen LogP contribution in [0.15, 0.2) is 18.2 Å². The van der Waals surface area contributed by atoms with Gasteiger partial charge in [0.15, 0.2) is 5.69 Å². The molecule has 3 aliphatic rings. The second-order valence-electron chi connectivity index (χ2n) is 10.1. The molecule has 0 saturated carbocycles. The average molecular weight is 484 g/mol. The highest BCUT2D eigenvalue weighted by molar-refractivity contribution is 5.94. The first-order valence-electron chi connectivity index (χ1n) is 12.6. The van der Waals surface area contributed by atoms with Gasteiger partial charge in [-0.3, -0.25) is 14.3 Å². The molecule has 188 valence electrons. The SMILES string of the molecule is Cc1ccc(F)cc1N1CCN(C(=O)Cn2nc(C(=O)N3C[C@@H](C)O[C@@H](C)C3)c3c2CCC3)CC1. The Morgan fingerprint density at radius 2 is 1.77 bits per heavy atom. The highest BCUT2D eigenvalue weighted by Crippen LogP contribution is 2.28. The largest absolute Gasteiger partial charge is 0.372 e. The van der Waals surface area contributed by atoms with Gasteiger partial charge in [-0.25, -0.2) is 4.39 Å². The third-order valence-corrected chi connectivity index (χ3v) is 7.35. The number of benzene rings is 1. The van der Waals surface area contributed by atoms with E-state index in [4.69, 9.17) is 4.74 Å². The van der Waals surface area contributed by atoms with E-state index in [0.29, 0.717) is 45.0 Å². The number of amides is 2. The van der Waals surface area contributed by atoms with Gasteiger partial charge in [0.1, 0.15) is 12.4 Å². The van der Waals surface area contributed by atoms with Crippen LogP contribution in [0.25, 0.3) is 0 Å². The number of aryl methyl sites for hydroxylation is 1. The van der Waals surface area contributed by atoms with Crippen LogP contribution in [-0.4, -0.2) is 82.9 Å². The van der Waals surface area contributed by atoms with Crippen molar-refractivity contribution in [3.05, 3.63) is 46.5 Å². The molecule has 0 bridgehead atoms. The molecule has 9 heteroatoms. The third-order valence-electron chi connectivity index (χ3n) is 7.35. The Kier molecular flexibility index (Phi) is 6.53. The Labute approximate surface area is 205 Å². The maximum absolute atomic E-state index is 13.7. The lowest BCUT2D eigenvalue weighted by molar-refractivity contribution is -0.132. The van der Waals surface area contributed by atoms with Crippen LogP contribution in [-0.2, 0) is 28.9 Å². The minimum atomic E-state index is -0.247. The lowest BCUT2D eigenvalue weighted by atomic mass is 10.1. The Bertz CT molecular complexity index is 1110. The molecule has 5 rings (SSSR count). The minimum absolute atomic E-state index is 0.00503. The number of rotatable bonds is 4. The van der Waals surface area contributed by atoms with Crippen molar-refractivity contribution in [1.82, 2.24) is 19.6 Å². The van der Waals surface area contributed by atoms with Crippen molar-refractivity contribution in [3.63, 3.8) is 0 Å². The van der Waals surface area contributed by atoms with Crippen LogP contribution < -0.4 is 4.90 Å². The molecule has 2 aliphatic heterocycles. The summed E-state index contributed by atoms with van der Waals surface area (Å²) in [4.78, 5) is 32.3. The molecular formula is C26H34FN5O3. The topological polar surface area (TPSA) is 70.9 Å². The minimum Gasteiger partial charge on any atom is -0.372 e. The van der Waals surface area contributed by atoms with E-state index < -0.39 is 0 Å². The highest BCUT2D eigenvalue weighted by atomic mass is 19.1. The van der Waals surface area contributed by atoms with Crippen LogP contribution >= 0.6 is 0 Å². The van der Waals surface area contributed by atoms with Crippen LogP contribution in [0.1, 0.15) is 47.6 Å². The van der Waals surface area contributed by atoms with Crippen molar-refractivity contribution in [1.29, 1.82) is 0 Å². The standard InChI is InChI=1S/C26H34FN5O3/c1-17-7-8-20(27)13-23(17)29-9-11-30(12-10-29)24(33)16-32-22-6-4-5-21(22)25(28-32)26(34)31-14-18(2)35-19(3)15-31/h7-8,13,18-19H,4-6,9-12,14-16H2,1-3H3/t18-,19+. The van der Waals surface area contributed by atoms with E-state index in [2.05, 4.69) is 10.00 Å². The van der Waals surface area contributed by atoms with Gasteiger partial charge < -0.3 is 19.4 Å². The molecule has 3 heterocycles. The number of carbonyl (C=O) groups is 2. The number of halogens is 1. The molecule has 2 atom stereocenters. The van der Waals surface area contributed by atoms with Crippen molar-refractivity contribution in [2.75, 3.05) is 44.2 Å². The second kappa shape index (κ2) is 9.60.